The first-order valence-electron chi connectivity index (χ1n) is 11.1. The van der Waals surface area contributed by atoms with Gasteiger partial charge in [0.05, 0.1) is 0 Å². The zero-order chi connectivity index (χ0) is 22.8. The first-order valence-corrected chi connectivity index (χ1v) is 11.1. The third-order valence-electron chi connectivity index (χ3n) is 6.27. The van der Waals surface area contributed by atoms with E-state index in [1.807, 2.05) is 43.3 Å². The average molecular weight is 448 g/mol. The van der Waals surface area contributed by atoms with E-state index in [2.05, 4.69) is 20.4 Å². The SMILES string of the molecule is Cc1c(-c2nnc(C(=O)NCC3CCN(Cc4ccccc4F)CC3)o2)oc2ccccc12. The van der Waals surface area contributed by atoms with Crippen LogP contribution in [0.15, 0.2) is 57.4 Å². The van der Waals surface area contributed by atoms with E-state index >= 15 is 0 Å². The van der Waals surface area contributed by atoms with Crippen LogP contribution in [0.2, 0.25) is 0 Å². The lowest BCUT2D eigenvalue weighted by molar-refractivity contribution is 0.0901. The molecule has 1 fully saturated rings. The molecule has 0 atom stereocenters. The molecule has 1 amide bonds. The molecule has 0 aliphatic carbocycles. The number of hydrogen-bond acceptors (Lipinski definition) is 6. The lowest BCUT2D eigenvalue weighted by Gasteiger charge is -2.32. The number of likely N-dealkylation sites (tertiary alicyclic amines) is 1. The molecule has 4 aromatic rings. The maximum atomic E-state index is 13.9. The van der Waals surface area contributed by atoms with Crippen molar-refractivity contribution in [2.24, 2.45) is 5.92 Å². The molecule has 2 aromatic carbocycles. The number of furan rings is 1. The third kappa shape index (κ3) is 4.52. The van der Waals surface area contributed by atoms with E-state index in [4.69, 9.17) is 8.83 Å². The van der Waals surface area contributed by atoms with Crippen molar-refractivity contribution < 1.29 is 18.0 Å². The Morgan fingerprint density at radius 2 is 1.85 bits per heavy atom. The van der Waals surface area contributed by atoms with Crippen molar-refractivity contribution in [1.29, 1.82) is 0 Å². The number of nitrogens with one attached hydrogen (secondary N) is 1. The van der Waals surface area contributed by atoms with Crippen LogP contribution in [-0.2, 0) is 6.54 Å². The summed E-state index contributed by atoms with van der Waals surface area (Å²) in [6.45, 7) is 4.80. The number of amides is 1. The molecule has 2 aromatic heterocycles. The normalized spacial score (nSPS) is 15.2. The average Bonchev–Trinajstić information content (AvgIpc) is 3.45. The van der Waals surface area contributed by atoms with Crippen LogP contribution in [0.5, 0.6) is 0 Å². The predicted octanol–water partition coefficient (Wildman–Crippen LogP) is 4.57. The van der Waals surface area contributed by atoms with Crippen molar-refractivity contribution in [3.63, 3.8) is 0 Å². The molecule has 3 heterocycles. The van der Waals surface area contributed by atoms with Gasteiger partial charge in [0.2, 0.25) is 0 Å². The highest BCUT2D eigenvalue weighted by molar-refractivity contribution is 5.90. The van der Waals surface area contributed by atoms with Crippen LogP contribution < -0.4 is 5.32 Å². The van der Waals surface area contributed by atoms with Crippen LogP contribution in [0.3, 0.4) is 0 Å². The maximum absolute atomic E-state index is 13.9. The molecule has 0 bridgehead atoms. The first-order chi connectivity index (χ1) is 16.1. The highest BCUT2D eigenvalue weighted by Gasteiger charge is 2.24. The number of carbonyl (C=O) groups excluding carboxylic acids is 1. The van der Waals surface area contributed by atoms with Gasteiger partial charge in [-0.05, 0) is 50.9 Å². The number of aromatic nitrogens is 2. The Hall–Kier alpha value is -3.52. The second-order valence-corrected chi connectivity index (χ2v) is 8.49. The molecule has 1 saturated heterocycles. The number of rotatable bonds is 6. The summed E-state index contributed by atoms with van der Waals surface area (Å²) in [5.41, 5.74) is 2.34. The Kier molecular flexibility index (Phi) is 5.92. The molecular formula is C25H25FN4O3. The molecule has 8 heteroatoms. The van der Waals surface area contributed by atoms with Crippen LogP contribution in [0.1, 0.15) is 34.7 Å². The van der Waals surface area contributed by atoms with Crippen LogP contribution in [0.25, 0.3) is 22.6 Å². The Bertz CT molecular complexity index is 1270. The van der Waals surface area contributed by atoms with E-state index in [0.29, 0.717) is 24.8 Å². The molecule has 1 N–H and O–H groups in total. The Morgan fingerprint density at radius 1 is 1.09 bits per heavy atom. The number of piperidine rings is 1. The third-order valence-corrected chi connectivity index (χ3v) is 6.27. The molecule has 0 unspecified atom stereocenters. The van der Waals surface area contributed by atoms with Crippen molar-refractivity contribution in [1.82, 2.24) is 20.4 Å². The highest BCUT2D eigenvalue weighted by atomic mass is 19.1. The Morgan fingerprint density at radius 3 is 2.64 bits per heavy atom. The van der Waals surface area contributed by atoms with Gasteiger partial charge in [-0.15, -0.1) is 10.2 Å². The van der Waals surface area contributed by atoms with Crippen molar-refractivity contribution in [2.75, 3.05) is 19.6 Å². The van der Waals surface area contributed by atoms with Crippen LogP contribution in [-0.4, -0.2) is 40.6 Å². The van der Waals surface area contributed by atoms with Crippen LogP contribution >= 0.6 is 0 Å². The molecule has 5 rings (SSSR count). The predicted molar refractivity (Wildman–Crippen MR) is 121 cm³/mol. The summed E-state index contributed by atoms with van der Waals surface area (Å²) in [6, 6.07) is 14.6. The summed E-state index contributed by atoms with van der Waals surface area (Å²) in [6.07, 6.45) is 1.87. The zero-order valence-electron chi connectivity index (χ0n) is 18.4. The fourth-order valence-corrected chi connectivity index (χ4v) is 4.31. The van der Waals surface area contributed by atoms with Crippen LogP contribution in [0.4, 0.5) is 4.39 Å². The number of aryl methyl sites for hydroxylation is 1. The van der Waals surface area contributed by atoms with Gasteiger partial charge in [0.1, 0.15) is 11.4 Å². The molecule has 33 heavy (non-hydrogen) atoms. The van der Waals surface area contributed by atoms with Gasteiger partial charge in [0, 0.05) is 29.6 Å². The van der Waals surface area contributed by atoms with Gasteiger partial charge < -0.3 is 14.2 Å². The molecule has 0 saturated carbocycles. The van der Waals surface area contributed by atoms with E-state index < -0.39 is 5.91 Å². The van der Waals surface area contributed by atoms with E-state index in [0.717, 1.165) is 48.0 Å². The number of carbonyl (C=O) groups is 1. The van der Waals surface area contributed by atoms with E-state index in [1.54, 1.807) is 6.07 Å². The number of benzene rings is 2. The van der Waals surface area contributed by atoms with E-state index in [9.17, 15) is 9.18 Å². The summed E-state index contributed by atoms with van der Waals surface area (Å²) >= 11 is 0. The molecule has 7 nitrogen and oxygen atoms in total. The summed E-state index contributed by atoms with van der Waals surface area (Å²) in [5.74, 6) is 0.382. The molecular weight excluding hydrogens is 423 g/mol. The molecule has 0 radical (unpaired) electrons. The Labute approximate surface area is 190 Å². The van der Waals surface area contributed by atoms with Gasteiger partial charge in [-0.1, -0.05) is 36.4 Å². The van der Waals surface area contributed by atoms with Crippen molar-refractivity contribution in [3.8, 4) is 11.7 Å². The van der Waals surface area contributed by atoms with Gasteiger partial charge >= 0.3 is 11.8 Å². The topological polar surface area (TPSA) is 84.4 Å². The second kappa shape index (κ2) is 9.15. The zero-order valence-corrected chi connectivity index (χ0v) is 18.4. The van der Waals surface area contributed by atoms with Crippen molar-refractivity contribution >= 4 is 16.9 Å². The minimum absolute atomic E-state index is 0.0816. The standard InChI is InChI=1S/C25H25FN4O3/c1-16-19-7-3-5-9-21(19)32-22(16)24-28-29-25(33-24)23(31)27-14-17-10-12-30(13-11-17)15-18-6-2-4-8-20(18)26/h2-9,17H,10-15H2,1H3,(H,27,31). The van der Waals surface area contributed by atoms with Crippen molar-refractivity contribution in [2.45, 2.75) is 26.3 Å². The lowest BCUT2D eigenvalue weighted by atomic mass is 9.96. The quantitative estimate of drug-likeness (QED) is 0.465. The second-order valence-electron chi connectivity index (χ2n) is 8.49. The van der Waals surface area contributed by atoms with Crippen LogP contribution in [0, 0.1) is 18.7 Å². The fraction of sp³-hybridized carbons (Fsp3) is 0.320. The summed E-state index contributed by atoms with van der Waals surface area (Å²) < 4.78 is 25.3. The van der Waals surface area contributed by atoms with E-state index in [1.165, 1.54) is 6.07 Å². The van der Waals surface area contributed by atoms with Gasteiger partial charge in [-0.25, -0.2) is 4.39 Å². The molecule has 0 spiro atoms. The number of para-hydroxylation sites is 1. The monoisotopic (exact) mass is 448 g/mol. The minimum Gasteiger partial charge on any atom is -0.451 e. The minimum atomic E-state index is -0.392. The number of fused-ring (bicyclic) bond motifs is 1. The molecule has 1 aliphatic rings. The lowest BCUT2D eigenvalue weighted by Crippen LogP contribution is -2.38. The summed E-state index contributed by atoms with van der Waals surface area (Å²) in [7, 11) is 0. The molecule has 1 aliphatic heterocycles. The van der Waals surface area contributed by atoms with Gasteiger partial charge in [-0.2, -0.15) is 0 Å². The van der Waals surface area contributed by atoms with Gasteiger partial charge in [0.25, 0.3) is 5.89 Å². The first kappa shape index (κ1) is 21.3. The fourth-order valence-electron chi connectivity index (χ4n) is 4.31. The van der Waals surface area contributed by atoms with Gasteiger partial charge in [0.15, 0.2) is 5.76 Å². The van der Waals surface area contributed by atoms with E-state index in [-0.39, 0.29) is 17.6 Å². The number of halogens is 1. The Balaban J connectivity index is 1.14. The summed E-state index contributed by atoms with van der Waals surface area (Å²) in [5, 5.41) is 11.8. The highest BCUT2D eigenvalue weighted by Crippen LogP contribution is 2.32. The number of hydrogen-bond donors (Lipinski definition) is 1. The largest absolute Gasteiger partial charge is 0.451 e. The maximum Gasteiger partial charge on any atom is 0.308 e. The summed E-state index contributed by atoms with van der Waals surface area (Å²) in [4.78, 5) is 14.8. The number of nitrogens with zero attached hydrogens (tertiary/aromatic N) is 3. The van der Waals surface area contributed by atoms with Crippen molar-refractivity contribution in [3.05, 3.63) is 71.4 Å². The van der Waals surface area contributed by atoms with Gasteiger partial charge in [-0.3, -0.25) is 9.69 Å². The molecule has 170 valence electrons. The smallest absolute Gasteiger partial charge is 0.308 e.